The minimum atomic E-state index is -0.488. The van der Waals surface area contributed by atoms with Crippen LogP contribution in [0.25, 0.3) is 22.4 Å². The second kappa shape index (κ2) is 8.26. The summed E-state index contributed by atoms with van der Waals surface area (Å²) in [4.78, 5) is 28.1. The number of carbonyl (C=O) groups is 1. The van der Waals surface area contributed by atoms with Gasteiger partial charge in [0.05, 0.1) is 16.0 Å². The second-order valence-electron chi connectivity index (χ2n) is 8.69. The molecule has 1 aromatic heterocycles. The molecule has 0 aliphatic carbocycles. The van der Waals surface area contributed by atoms with Crippen LogP contribution in [0.5, 0.6) is 0 Å². The third-order valence-corrected chi connectivity index (χ3v) is 5.31. The Kier molecular flexibility index (Phi) is 5.48. The topological polar surface area (TPSA) is 90.1 Å². The lowest BCUT2D eigenvalue weighted by molar-refractivity contribution is -0.384. The summed E-state index contributed by atoms with van der Waals surface area (Å²) >= 11 is 0. The summed E-state index contributed by atoms with van der Waals surface area (Å²) in [5.74, 6) is 0.405. The van der Waals surface area contributed by atoms with Gasteiger partial charge in [0.15, 0.2) is 0 Å². The summed E-state index contributed by atoms with van der Waals surface area (Å²) in [6, 6.07) is 21.8. The fourth-order valence-electron chi connectivity index (χ4n) is 3.62. The summed E-state index contributed by atoms with van der Waals surface area (Å²) in [7, 11) is 0. The van der Waals surface area contributed by atoms with Crippen LogP contribution in [0.2, 0.25) is 0 Å². The minimum absolute atomic E-state index is 0.0273. The Morgan fingerprint density at radius 1 is 1.03 bits per heavy atom. The van der Waals surface area contributed by atoms with Gasteiger partial charge in [0.1, 0.15) is 12.4 Å². The van der Waals surface area contributed by atoms with Gasteiger partial charge in [0, 0.05) is 23.4 Å². The largest absolute Gasteiger partial charge is 0.324 e. The molecule has 0 saturated carbocycles. The van der Waals surface area contributed by atoms with Crippen LogP contribution in [0.4, 0.5) is 11.4 Å². The number of fused-ring (bicyclic) bond motifs is 1. The first-order valence-corrected chi connectivity index (χ1v) is 10.3. The van der Waals surface area contributed by atoms with Crippen molar-refractivity contribution in [2.24, 2.45) is 0 Å². The zero-order chi connectivity index (χ0) is 22.9. The van der Waals surface area contributed by atoms with Crippen molar-refractivity contribution in [2.45, 2.75) is 32.7 Å². The number of anilines is 1. The summed E-state index contributed by atoms with van der Waals surface area (Å²) in [6.45, 7) is 6.51. The van der Waals surface area contributed by atoms with Crippen LogP contribution in [0.3, 0.4) is 0 Å². The zero-order valence-electron chi connectivity index (χ0n) is 18.2. The summed E-state index contributed by atoms with van der Waals surface area (Å²) < 4.78 is 1.87. The molecule has 3 aromatic carbocycles. The molecule has 0 radical (unpaired) electrons. The van der Waals surface area contributed by atoms with Gasteiger partial charge in [-0.3, -0.25) is 14.9 Å². The Bertz CT molecular complexity index is 1300. The molecule has 0 saturated heterocycles. The van der Waals surface area contributed by atoms with Crippen LogP contribution in [0.15, 0.2) is 72.8 Å². The van der Waals surface area contributed by atoms with E-state index < -0.39 is 4.92 Å². The Balaban J connectivity index is 1.67. The molecule has 7 nitrogen and oxygen atoms in total. The number of aromatic nitrogens is 2. The number of rotatable bonds is 5. The van der Waals surface area contributed by atoms with Crippen LogP contribution < -0.4 is 5.32 Å². The molecule has 7 heteroatoms. The molecular weight excluding hydrogens is 404 g/mol. The van der Waals surface area contributed by atoms with E-state index >= 15 is 0 Å². The predicted octanol–water partition coefficient (Wildman–Crippen LogP) is 5.55. The molecule has 32 heavy (non-hydrogen) atoms. The lowest BCUT2D eigenvalue weighted by atomic mass is 9.87. The molecule has 0 fully saturated rings. The molecule has 0 aliphatic heterocycles. The van der Waals surface area contributed by atoms with Crippen molar-refractivity contribution in [3.63, 3.8) is 0 Å². The van der Waals surface area contributed by atoms with Crippen LogP contribution in [-0.4, -0.2) is 20.4 Å². The number of carbonyl (C=O) groups excluding carboxylic acids is 1. The van der Waals surface area contributed by atoms with Gasteiger partial charge in [-0.05, 0) is 29.2 Å². The van der Waals surface area contributed by atoms with E-state index in [4.69, 9.17) is 4.98 Å². The highest BCUT2D eigenvalue weighted by Crippen LogP contribution is 2.28. The number of hydrogen-bond donors (Lipinski definition) is 1. The Morgan fingerprint density at radius 2 is 1.75 bits per heavy atom. The van der Waals surface area contributed by atoms with E-state index in [1.54, 1.807) is 12.1 Å². The van der Waals surface area contributed by atoms with Gasteiger partial charge >= 0.3 is 0 Å². The van der Waals surface area contributed by atoms with E-state index in [0.717, 1.165) is 16.6 Å². The van der Waals surface area contributed by atoms with Gasteiger partial charge in [0.2, 0.25) is 5.91 Å². The highest BCUT2D eigenvalue weighted by atomic mass is 16.6. The number of nitro groups is 1. The lowest BCUT2D eigenvalue weighted by Gasteiger charge is -2.19. The molecule has 162 valence electrons. The molecular formula is C25H24N4O3. The highest BCUT2D eigenvalue weighted by molar-refractivity contribution is 5.93. The zero-order valence-corrected chi connectivity index (χ0v) is 18.2. The third-order valence-electron chi connectivity index (χ3n) is 5.31. The van der Waals surface area contributed by atoms with Crippen LogP contribution in [0.1, 0.15) is 26.3 Å². The van der Waals surface area contributed by atoms with E-state index in [0.29, 0.717) is 11.5 Å². The van der Waals surface area contributed by atoms with Gasteiger partial charge in [-0.15, -0.1) is 0 Å². The molecule has 0 atom stereocenters. The Morgan fingerprint density at radius 3 is 2.44 bits per heavy atom. The molecule has 0 unspecified atom stereocenters. The standard InChI is InChI=1S/C25H24N4O3/c1-25(2,3)18-13-11-17(12-14-18)24-27-21-9-4-5-10-22(21)28(24)16-23(30)26-19-7-6-8-20(15-19)29(31)32/h4-15H,16H2,1-3H3,(H,26,30). The SMILES string of the molecule is CC(C)(C)c1ccc(-c2nc3ccccc3n2CC(=O)Nc2cccc([N+](=O)[O-])c2)cc1. The first-order valence-electron chi connectivity index (χ1n) is 10.3. The number of imidazole rings is 1. The van der Waals surface area contributed by atoms with Crippen molar-refractivity contribution in [2.75, 3.05) is 5.32 Å². The molecule has 4 rings (SSSR count). The monoisotopic (exact) mass is 428 g/mol. The second-order valence-corrected chi connectivity index (χ2v) is 8.69. The van der Waals surface area contributed by atoms with Crippen LogP contribution >= 0.6 is 0 Å². The molecule has 4 aromatic rings. The van der Waals surface area contributed by atoms with Gasteiger partial charge in [-0.2, -0.15) is 0 Å². The van der Waals surface area contributed by atoms with Crippen molar-refractivity contribution in [3.05, 3.63) is 88.5 Å². The van der Waals surface area contributed by atoms with Crippen LogP contribution in [0, 0.1) is 10.1 Å². The number of hydrogen-bond acceptors (Lipinski definition) is 4. The first-order chi connectivity index (χ1) is 15.2. The maximum absolute atomic E-state index is 12.8. The quantitative estimate of drug-likeness (QED) is 0.333. The van der Waals surface area contributed by atoms with Gasteiger partial charge in [0.25, 0.3) is 5.69 Å². The maximum Gasteiger partial charge on any atom is 0.271 e. The third kappa shape index (κ3) is 4.37. The lowest BCUT2D eigenvalue weighted by Crippen LogP contribution is -2.19. The van der Waals surface area contributed by atoms with Gasteiger partial charge in [-0.1, -0.05) is 63.2 Å². The van der Waals surface area contributed by atoms with Crippen molar-refractivity contribution >= 4 is 28.3 Å². The number of benzene rings is 3. The summed E-state index contributed by atoms with van der Waals surface area (Å²) in [6.07, 6.45) is 0. The van der Waals surface area contributed by atoms with Crippen LogP contribution in [-0.2, 0) is 16.8 Å². The van der Waals surface area contributed by atoms with E-state index in [9.17, 15) is 14.9 Å². The molecule has 0 bridgehead atoms. The van der Waals surface area contributed by atoms with Crippen molar-refractivity contribution in [1.29, 1.82) is 0 Å². The normalized spacial score (nSPS) is 11.5. The van der Waals surface area contributed by atoms with Gasteiger partial charge < -0.3 is 9.88 Å². The van der Waals surface area contributed by atoms with E-state index in [-0.39, 0.29) is 23.6 Å². The first kappa shape index (κ1) is 21.2. The molecule has 0 spiro atoms. The molecule has 1 N–H and O–H groups in total. The Hall–Kier alpha value is -4.00. The van der Waals surface area contributed by atoms with Crippen molar-refractivity contribution in [3.8, 4) is 11.4 Å². The van der Waals surface area contributed by atoms with Crippen molar-refractivity contribution in [1.82, 2.24) is 9.55 Å². The predicted molar refractivity (Wildman–Crippen MR) is 126 cm³/mol. The summed E-state index contributed by atoms with van der Waals surface area (Å²) in [5, 5.41) is 13.8. The fourth-order valence-corrected chi connectivity index (χ4v) is 3.62. The number of nitrogens with one attached hydrogen (secondary N) is 1. The Labute approximate surface area is 185 Å². The average molecular weight is 428 g/mol. The summed E-state index contributed by atoms with van der Waals surface area (Å²) in [5.41, 5.74) is 4.11. The molecule has 1 amide bonds. The molecule has 0 aliphatic rings. The maximum atomic E-state index is 12.8. The molecule has 1 heterocycles. The van der Waals surface area contributed by atoms with E-state index in [1.807, 2.05) is 41.0 Å². The van der Waals surface area contributed by atoms with E-state index in [2.05, 4.69) is 38.2 Å². The average Bonchev–Trinajstić information content (AvgIpc) is 3.11. The number of non-ortho nitro benzene ring substituents is 1. The van der Waals surface area contributed by atoms with Crippen molar-refractivity contribution < 1.29 is 9.72 Å². The van der Waals surface area contributed by atoms with E-state index in [1.165, 1.54) is 17.7 Å². The fraction of sp³-hybridized carbons (Fsp3) is 0.200. The smallest absolute Gasteiger partial charge is 0.271 e. The minimum Gasteiger partial charge on any atom is -0.324 e. The highest BCUT2D eigenvalue weighted by Gasteiger charge is 2.18. The van der Waals surface area contributed by atoms with Gasteiger partial charge in [-0.25, -0.2) is 4.98 Å². The number of amides is 1. The number of para-hydroxylation sites is 2. The number of nitro benzene ring substituents is 1. The number of nitrogens with zero attached hydrogens (tertiary/aromatic N) is 3.